The zero-order valence-corrected chi connectivity index (χ0v) is 14.0. The van der Waals surface area contributed by atoms with Gasteiger partial charge >= 0.3 is 0 Å². The van der Waals surface area contributed by atoms with E-state index in [0.29, 0.717) is 28.2 Å². The molecule has 1 heterocycles. The van der Waals surface area contributed by atoms with Gasteiger partial charge < -0.3 is 9.47 Å². The summed E-state index contributed by atoms with van der Waals surface area (Å²) in [5.41, 5.74) is 4.11. The second-order valence-electron chi connectivity index (χ2n) is 5.17. The van der Waals surface area contributed by atoms with Gasteiger partial charge in [-0.2, -0.15) is 5.10 Å². The van der Waals surface area contributed by atoms with Crippen LogP contribution in [0.3, 0.4) is 0 Å². The lowest BCUT2D eigenvalue weighted by atomic mass is 10.2. The van der Waals surface area contributed by atoms with Crippen LogP contribution in [-0.2, 0) is 0 Å². The quantitative estimate of drug-likeness (QED) is 0.412. The third-order valence-electron chi connectivity index (χ3n) is 3.62. The minimum Gasteiger partial charge on any atom is -0.493 e. The van der Waals surface area contributed by atoms with Crippen molar-refractivity contribution in [2.75, 3.05) is 19.6 Å². The lowest BCUT2D eigenvalue weighted by Gasteiger charge is -2.07. The average molecular weight is 353 g/mol. The van der Waals surface area contributed by atoms with Gasteiger partial charge in [0.2, 0.25) is 0 Å². The van der Waals surface area contributed by atoms with Gasteiger partial charge in [0.25, 0.3) is 5.69 Å². The summed E-state index contributed by atoms with van der Waals surface area (Å²) in [4.78, 5) is 18.7. The van der Waals surface area contributed by atoms with Crippen LogP contribution >= 0.6 is 0 Å². The zero-order chi connectivity index (χ0) is 18.5. The molecule has 0 atom stereocenters. The van der Waals surface area contributed by atoms with Crippen molar-refractivity contribution in [2.24, 2.45) is 5.10 Å². The molecular formula is C17H15N5O4. The fourth-order valence-corrected chi connectivity index (χ4v) is 2.35. The highest BCUT2D eigenvalue weighted by Crippen LogP contribution is 2.27. The largest absolute Gasteiger partial charge is 0.493 e. The van der Waals surface area contributed by atoms with Gasteiger partial charge in [-0.05, 0) is 29.8 Å². The maximum absolute atomic E-state index is 11.0. The first-order chi connectivity index (χ1) is 12.6. The van der Waals surface area contributed by atoms with Crippen LogP contribution in [0.1, 0.15) is 5.56 Å². The molecule has 0 spiro atoms. The van der Waals surface area contributed by atoms with E-state index in [9.17, 15) is 10.1 Å². The van der Waals surface area contributed by atoms with E-state index >= 15 is 0 Å². The number of hydrazone groups is 1. The Kier molecular flexibility index (Phi) is 4.88. The van der Waals surface area contributed by atoms with E-state index in [-0.39, 0.29) is 5.69 Å². The molecule has 9 heteroatoms. The molecule has 0 fully saturated rings. The van der Waals surface area contributed by atoms with Crippen LogP contribution in [0.4, 0.5) is 11.5 Å². The summed E-state index contributed by atoms with van der Waals surface area (Å²) >= 11 is 0. The molecule has 0 saturated heterocycles. The van der Waals surface area contributed by atoms with E-state index in [4.69, 9.17) is 9.47 Å². The third-order valence-corrected chi connectivity index (χ3v) is 3.62. The highest BCUT2D eigenvalue weighted by atomic mass is 16.6. The van der Waals surface area contributed by atoms with Crippen LogP contribution in [0.15, 0.2) is 47.8 Å². The number of methoxy groups -OCH3 is 2. The summed E-state index contributed by atoms with van der Waals surface area (Å²) < 4.78 is 10.4. The first-order valence-corrected chi connectivity index (χ1v) is 7.52. The van der Waals surface area contributed by atoms with Gasteiger partial charge in [0.15, 0.2) is 17.3 Å². The second kappa shape index (κ2) is 7.43. The van der Waals surface area contributed by atoms with Crippen molar-refractivity contribution < 1.29 is 14.4 Å². The van der Waals surface area contributed by atoms with Gasteiger partial charge in [0.1, 0.15) is 6.33 Å². The monoisotopic (exact) mass is 353 g/mol. The van der Waals surface area contributed by atoms with E-state index in [1.54, 1.807) is 38.6 Å². The topological polar surface area (TPSA) is 112 Å². The lowest BCUT2D eigenvalue weighted by molar-refractivity contribution is -0.384. The van der Waals surface area contributed by atoms with Crippen LogP contribution in [0.2, 0.25) is 0 Å². The van der Waals surface area contributed by atoms with Gasteiger partial charge in [-0.15, -0.1) is 0 Å². The van der Waals surface area contributed by atoms with Crippen molar-refractivity contribution in [3.05, 3.63) is 58.4 Å². The van der Waals surface area contributed by atoms with Crippen molar-refractivity contribution in [1.82, 2.24) is 9.97 Å². The lowest BCUT2D eigenvalue weighted by Crippen LogP contribution is -1.97. The first-order valence-electron chi connectivity index (χ1n) is 7.52. The Morgan fingerprint density at radius 3 is 2.65 bits per heavy atom. The summed E-state index contributed by atoms with van der Waals surface area (Å²) in [5, 5.41) is 15.6. The minimum atomic E-state index is -0.469. The van der Waals surface area contributed by atoms with Crippen molar-refractivity contribution in [3.8, 4) is 11.5 Å². The molecule has 1 aromatic heterocycles. The molecule has 132 valence electrons. The molecule has 2 aromatic carbocycles. The summed E-state index contributed by atoms with van der Waals surface area (Å²) in [6, 6.07) is 9.72. The second-order valence-corrected chi connectivity index (χ2v) is 5.17. The van der Waals surface area contributed by atoms with Crippen LogP contribution in [-0.4, -0.2) is 35.3 Å². The zero-order valence-electron chi connectivity index (χ0n) is 14.0. The van der Waals surface area contributed by atoms with E-state index in [1.165, 1.54) is 18.5 Å². The predicted octanol–water partition coefficient (Wildman–Crippen LogP) is 3.00. The highest BCUT2D eigenvalue weighted by molar-refractivity contribution is 5.91. The molecule has 9 nitrogen and oxygen atoms in total. The van der Waals surface area contributed by atoms with Crippen molar-refractivity contribution in [1.29, 1.82) is 0 Å². The molecule has 0 saturated carbocycles. The minimum absolute atomic E-state index is 0.0424. The van der Waals surface area contributed by atoms with E-state index in [0.717, 1.165) is 5.56 Å². The van der Waals surface area contributed by atoms with Gasteiger partial charge in [-0.25, -0.2) is 9.97 Å². The smallest absolute Gasteiger partial charge is 0.270 e. The molecule has 0 radical (unpaired) electrons. The Labute approximate surface area is 148 Å². The number of hydrogen-bond donors (Lipinski definition) is 1. The summed E-state index contributed by atoms with van der Waals surface area (Å²) in [6.45, 7) is 0. The average Bonchev–Trinajstić information content (AvgIpc) is 2.67. The number of nitro benzene ring substituents is 1. The molecule has 3 aromatic rings. The molecule has 0 aliphatic heterocycles. The molecular weight excluding hydrogens is 338 g/mol. The Morgan fingerprint density at radius 1 is 1.12 bits per heavy atom. The molecule has 26 heavy (non-hydrogen) atoms. The van der Waals surface area contributed by atoms with E-state index < -0.39 is 4.92 Å². The van der Waals surface area contributed by atoms with E-state index in [2.05, 4.69) is 20.5 Å². The summed E-state index contributed by atoms with van der Waals surface area (Å²) in [6.07, 6.45) is 2.94. The Balaban J connectivity index is 1.86. The van der Waals surface area contributed by atoms with Crippen LogP contribution in [0, 0.1) is 10.1 Å². The molecule has 0 aliphatic rings. The number of benzene rings is 2. The number of anilines is 1. The molecule has 0 aliphatic carbocycles. The van der Waals surface area contributed by atoms with Gasteiger partial charge in [-0.3, -0.25) is 15.5 Å². The maximum Gasteiger partial charge on any atom is 0.270 e. The number of nitro groups is 1. The SMILES string of the molecule is COc1ccc(/C=N/Nc2ncnc3ccc([N+](=O)[O-])cc23)cc1OC. The van der Waals surface area contributed by atoms with Crippen molar-refractivity contribution in [3.63, 3.8) is 0 Å². The first kappa shape index (κ1) is 17.1. The van der Waals surface area contributed by atoms with Gasteiger partial charge in [0.05, 0.1) is 36.3 Å². The van der Waals surface area contributed by atoms with E-state index in [1.807, 2.05) is 6.07 Å². The third kappa shape index (κ3) is 3.51. The number of hydrogen-bond acceptors (Lipinski definition) is 8. The molecule has 0 unspecified atom stereocenters. The Hall–Kier alpha value is -3.75. The maximum atomic E-state index is 11.0. The predicted molar refractivity (Wildman–Crippen MR) is 97.0 cm³/mol. The molecule has 3 rings (SSSR count). The molecule has 0 amide bonds. The number of fused-ring (bicyclic) bond motifs is 1. The summed E-state index contributed by atoms with van der Waals surface area (Å²) in [7, 11) is 3.11. The number of nitrogens with one attached hydrogen (secondary N) is 1. The van der Waals surface area contributed by atoms with Crippen LogP contribution < -0.4 is 14.9 Å². The van der Waals surface area contributed by atoms with Crippen molar-refractivity contribution in [2.45, 2.75) is 0 Å². The fraction of sp³-hybridized carbons (Fsp3) is 0.118. The van der Waals surface area contributed by atoms with Crippen LogP contribution in [0.25, 0.3) is 10.9 Å². The number of non-ortho nitro benzene ring substituents is 1. The fourth-order valence-electron chi connectivity index (χ4n) is 2.35. The van der Waals surface area contributed by atoms with Gasteiger partial charge in [0, 0.05) is 12.1 Å². The number of nitrogens with zero attached hydrogens (tertiary/aromatic N) is 4. The standard InChI is InChI=1S/C17H15N5O4/c1-25-15-6-3-11(7-16(15)26-2)9-20-21-17-13-8-12(22(23)24)4-5-14(13)18-10-19-17/h3-10H,1-2H3,(H,18,19,21)/b20-9+. The highest BCUT2D eigenvalue weighted by Gasteiger charge is 2.10. The van der Waals surface area contributed by atoms with Gasteiger partial charge in [-0.1, -0.05) is 0 Å². The normalized spacial score (nSPS) is 10.8. The number of rotatable bonds is 6. The van der Waals surface area contributed by atoms with Crippen molar-refractivity contribution >= 4 is 28.6 Å². The Bertz CT molecular complexity index is 990. The van der Waals surface area contributed by atoms with Crippen LogP contribution in [0.5, 0.6) is 11.5 Å². The number of ether oxygens (including phenoxy) is 2. The Morgan fingerprint density at radius 2 is 1.92 bits per heavy atom. The summed E-state index contributed by atoms with van der Waals surface area (Å²) in [5.74, 6) is 1.57. The molecule has 0 bridgehead atoms. The number of aromatic nitrogens is 2. The molecule has 1 N–H and O–H groups in total.